The molecule has 0 aromatic heterocycles. The molecular weight excluding hydrogens is 350 g/mol. The van der Waals surface area contributed by atoms with Crippen LogP contribution in [0, 0.1) is 17.8 Å². The number of hydrogen-bond donors (Lipinski definition) is 0. The first-order chi connectivity index (χ1) is 10.9. The van der Waals surface area contributed by atoms with Gasteiger partial charge in [0.15, 0.2) is 10.1 Å². The van der Waals surface area contributed by atoms with Crippen LogP contribution in [0.5, 0.6) is 0 Å². The third-order valence-corrected chi connectivity index (χ3v) is 6.09. The summed E-state index contributed by atoms with van der Waals surface area (Å²) in [5.74, 6) is -2.85. The van der Waals surface area contributed by atoms with Gasteiger partial charge in [-0.25, -0.2) is 13.2 Å². The Balaban J connectivity index is 1.79. The fraction of sp³-hybridized carbons (Fsp3) is 0.857. The van der Waals surface area contributed by atoms with Crippen LogP contribution >= 0.6 is 0 Å². The van der Waals surface area contributed by atoms with Gasteiger partial charge in [0.2, 0.25) is 0 Å². The maximum absolute atomic E-state index is 13.4. The number of alkyl halides is 2. The summed E-state index contributed by atoms with van der Waals surface area (Å²) in [5, 5.41) is -5.11. The van der Waals surface area contributed by atoms with Gasteiger partial charge in [-0.3, -0.25) is 4.79 Å². The molecule has 2 unspecified atom stereocenters. The first-order valence-corrected chi connectivity index (χ1v) is 9.08. The molecule has 0 amide bonds. The highest BCUT2D eigenvalue weighted by Crippen LogP contribution is 2.58. The second kappa shape index (κ2) is 5.35. The first kappa shape index (κ1) is 17.5. The zero-order valence-corrected chi connectivity index (χ0v) is 13.7. The van der Waals surface area contributed by atoms with Crippen LogP contribution in [0.1, 0.15) is 39.0 Å². The topological polar surface area (TPSA) is 110 Å². The van der Waals surface area contributed by atoms with Crippen molar-refractivity contribution in [3.63, 3.8) is 0 Å². The summed E-state index contributed by atoms with van der Waals surface area (Å²) in [6.45, 7) is 1.29. The normalized spacial score (nSPS) is 38.0. The van der Waals surface area contributed by atoms with Crippen LogP contribution in [0.2, 0.25) is 0 Å². The summed E-state index contributed by atoms with van der Waals surface area (Å²) >= 11 is 0. The van der Waals surface area contributed by atoms with E-state index >= 15 is 0 Å². The Bertz CT molecular complexity index is 659. The molecule has 0 aromatic rings. The summed E-state index contributed by atoms with van der Waals surface area (Å²) in [5.41, 5.74) is -1.21. The molecule has 4 bridgehead atoms. The lowest BCUT2D eigenvalue weighted by Gasteiger charge is -2.58. The lowest BCUT2D eigenvalue weighted by molar-refractivity contribution is -0.223. The number of rotatable bonds is 4. The van der Waals surface area contributed by atoms with Crippen LogP contribution in [0.4, 0.5) is 8.78 Å². The van der Waals surface area contributed by atoms with E-state index in [0.717, 1.165) is 12.8 Å². The molecule has 2 atom stereocenters. The number of esters is 2. The largest absolute Gasteiger partial charge is 0.743 e. The molecule has 0 spiro atoms. The molecule has 0 aliphatic heterocycles. The first-order valence-electron chi connectivity index (χ1n) is 7.67. The zero-order valence-electron chi connectivity index (χ0n) is 12.9. The number of hydrogen-bond acceptors (Lipinski definition) is 7. The van der Waals surface area contributed by atoms with Gasteiger partial charge in [0.05, 0.1) is 0 Å². The fourth-order valence-electron chi connectivity index (χ4n) is 4.77. The highest BCUT2D eigenvalue weighted by atomic mass is 32.2. The summed E-state index contributed by atoms with van der Waals surface area (Å²) in [7, 11) is -6.14. The molecule has 7 nitrogen and oxygen atoms in total. The minimum atomic E-state index is -6.14. The van der Waals surface area contributed by atoms with Crippen molar-refractivity contribution in [3.05, 3.63) is 0 Å². The summed E-state index contributed by atoms with van der Waals surface area (Å²) in [6, 6.07) is 0. The summed E-state index contributed by atoms with van der Waals surface area (Å²) in [4.78, 5) is 22.8. The molecule has 0 aromatic carbocycles. The standard InChI is InChI=1S/C14H18F2O7S/c1-7(17)22-11-9-2-8-3-10(11)6-13(4-8,5-9)23-12(18)14(15,16)24(19,20)21/h8-11H,2-6H2,1H3,(H,19,20,21)/p-1. The molecule has 136 valence electrons. The third-order valence-electron chi connectivity index (χ3n) is 5.29. The highest BCUT2D eigenvalue weighted by Gasteiger charge is 2.60. The Morgan fingerprint density at radius 2 is 1.71 bits per heavy atom. The molecule has 0 radical (unpaired) electrons. The van der Waals surface area contributed by atoms with E-state index in [9.17, 15) is 31.3 Å². The predicted molar refractivity (Wildman–Crippen MR) is 72.6 cm³/mol. The van der Waals surface area contributed by atoms with Crippen molar-refractivity contribution in [1.29, 1.82) is 0 Å². The number of carbonyl (C=O) groups is 2. The van der Waals surface area contributed by atoms with Gasteiger partial charge >= 0.3 is 17.2 Å². The second-order valence-corrected chi connectivity index (χ2v) is 8.51. The molecule has 10 heteroatoms. The van der Waals surface area contributed by atoms with Crippen molar-refractivity contribution in [2.24, 2.45) is 17.8 Å². The fourth-order valence-corrected chi connectivity index (χ4v) is 5.02. The van der Waals surface area contributed by atoms with Crippen LogP contribution in [0.25, 0.3) is 0 Å². The van der Waals surface area contributed by atoms with Crippen molar-refractivity contribution in [3.8, 4) is 0 Å². The Labute approximate surface area is 137 Å². The molecule has 4 fully saturated rings. The van der Waals surface area contributed by atoms with Gasteiger partial charge < -0.3 is 14.0 Å². The molecule has 4 aliphatic rings. The van der Waals surface area contributed by atoms with Crippen LogP contribution in [0.15, 0.2) is 0 Å². The SMILES string of the molecule is CC(=O)OC1C2CC3CC1CC(OC(=O)C(F)(F)S(=O)(=O)[O-])(C3)C2. The molecule has 4 saturated carbocycles. The molecule has 0 saturated heterocycles. The Hall–Kier alpha value is -1.29. The van der Waals surface area contributed by atoms with Gasteiger partial charge in [0.25, 0.3) is 0 Å². The van der Waals surface area contributed by atoms with Crippen molar-refractivity contribution >= 4 is 22.1 Å². The second-order valence-electron chi connectivity index (χ2n) is 7.09. The van der Waals surface area contributed by atoms with Crippen molar-refractivity contribution in [1.82, 2.24) is 0 Å². The average molecular weight is 367 g/mol. The zero-order chi connectivity index (χ0) is 17.9. The summed E-state index contributed by atoms with van der Waals surface area (Å²) in [6.07, 6.45) is 1.94. The van der Waals surface area contributed by atoms with Gasteiger partial charge in [-0.15, -0.1) is 0 Å². The molecule has 0 heterocycles. The van der Waals surface area contributed by atoms with E-state index in [1.54, 1.807) is 0 Å². The van der Waals surface area contributed by atoms with E-state index in [1.165, 1.54) is 6.92 Å². The molecular formula is C14H17F2O7S-. The maximum atomic E-state index is 13.4. The molecule has 0 N–H and O–H groups in total. The van der Waals surface area contributed by atoms with Gasteiger partial charge in [0, 0.05) is 18.8 Å². The third kappa shape index (κ3) is 2.79. The number of halogens is 2. The van der Waals surface area contributed by atoms with Crippen molar-refractivity contribution in [2.75, 3.05) is 0 Å². The average Bonchev–Trinajstić information content (AvgIpc) is 2.40. The van der Waals surface area contributed by atoms with E-state index in [-0.39, 0.29) is 36.7 Å². The number of ether oxygens (including phenoxy) is 2. The van der Waals surface area contributed by atoms with E-state index in [1.807, 2.05) is 0 Å². The van der Waals surface area contributed by atoms with E-state index < -0.39 is 32.9 Å². The van der Waals surface area contributed by atoms with Gasteiger partial charge in [-0.1, -0.05) is 0 Å². The highest BCUT2D eigenvalue weighted by molar-refractivity contribution is 7.87. The Morgan fingerprint density at radius 1 is 1.17 bits per heavy atom. The van der Waals surface area contributed by atoms with Crippen molar-refractivity contribution in [2.45, 2.75) is 56.0 Å². The quantitative estimate of drug-likeness (QED) is 0.542. The Kier molecular flexibility index (Phi) is 3.91. The molecule has 4 aliphatic carbocycles. The van der Waals surface area contributed by atoms with E-state index in [0.29, 0.717) is 6.42 Å². The van der Waals surface area contributed by atoms with Crippen molar-refractivity contribution < 1.29 is 40.8 Å². The minimum Gasteiger partial charge on any atom is -0.743 e. The van der Waals surface area contributed by atoms with E-state index in [4.69, 9.17) is 9.47 Å². The van der Waals surface area contributed by atoms with Gasteiger partial charge in [-0.2, -0.15) is 8.78 Å². The lowest BCUT2D eigenvalue weighted by Crippen LogP contribution is -2.60. The van der Waals surface area contributed by atoms with Crippen LogP contribution < -0.4 is 0 Å². The Morgan fingerprint density at radius 3 is 2.17 bits per heavy atom. The lowest BCUT2D eigenvalue weighted by atomic mass is 9.53. The van der Waals surface area contributed by atoms with Gasteiger partial charge in [0.1, 0.15) is 11.7 Å². The maximum Gasteiger partial charge on any atom is 0.428 e. The minimum absolute atomic E-state index is 0.120. The van der Waals surface area contributed by atoms with Crippen LogP contribution in [-0.4, -0.2) is 41.9 Å². The van der Waals surface area contributed by atoms with Gasteiger partial charge in [-0.05, 0) is 38.0 Å². The number of carbonyl (C=O) groups excluding carboxylic acids is 2. The summed E-state index contributed by atoms with van der Waals surface area (Å²) < 4.78 is 68.8. The molecule has 24 heavy (non-hydrogen) atoms. The van der Waals surface area contributed by atoms with Crippen LogP contribution in [0.3, 0.4) is 0 Å². The monoisotopic (exact) mass is 367 g/mol. The van der Waals surface area contributed by atoms with Crippen LogP contribution in [-0.2, 0) is 29.2 Å². The smallest absolute Gasteiger partial charge is 0.428 e. The van der Waals surface area contributed by atoms with E-state index in [2.05, 4.69) is 0 Å². The predicted octanol–water partition coefficient (Wildman–Crippen LogP) is 1.18. The molecule has 4 rings (SSSR count).